The highest BCUT2D eigenvalue weighted by Crippen LogP contribution is 2.03. The molecule has 0 saturated heterocycles. The number of nitrogens with zero attached hydrogens (tertiary/aromatic N) is 1. The number of nitrogens with one attached hydrogen (secondary N) is 3. The summed E-state index contributed by atoms with van der Waals surface area (Å²) < 4.78 is 12.7. The van der Waals surface area contributed by atoms with Crippen LogP contribution >= 0.6 is 0 Å². The van der Waals surface area contributed by atoms with Crippen LogP contribution in [0.4, 0.5) is 4.39 Å². The highest BCUT2D eigenvalue weighted by atomic mass is 19.1. The number of hydrazine groups is 1. The third kappa shape index (κ3) is 4.23. The van der Waals surface area contributed by atoms with Crippen molar-refractivity contribution in [3.8, 4) is 0 Å². The summed E-state index contributed by atoms with van der Waals surface area (Å²) in [7, 11) is 0. The van der Waals surface area contributed by atoms with Crippen LogP contribution in [0.3, 0.4) is 0 Å². The maximum atomic E-state index is 12.7. The van der Waals surface area contributed by atoms with Crippen LogP contribution in [0.25, 0.3) is 0 Å². The van der Waals surface area contributed by atoms with Gasteiger partial charge in [-0.25, -0.2) is 9.49 Å². The van der Waals surface area contributed by atoms with Crippen molar-refractivity contribution in [2.45, 2.75) is 6.42 Å². The number of carbonyl (C=O) groups excluding carboxylic acids is 2. The molecular weight excluding hydrogens is 279 g/mol. The zero-order valence-electron chi connectivity index (χ0n) is 10.7. The highest BCUT2D eigenvalue weighted by Gasteiger charge is 2.09. The Hall–Kier alpha value is -3.03. The molecule has 0 radical (unpaired) electrons. The number of carbonyl (C=O) groups is 2. The van der Waals surface area contributed by atoms with Crippen molar-refractivity contribution in [1.29, 1.82) is 0 Å². The second-order valence-electron chi connectivity index (χ2n) is 4.11. The van der Waals surface area contributed by atoms with Crippen LogP contribution < -0.4 is 16.4 Å². The number of benzene rings is 1. The number of aromatic nitrogens is 2. The summed E-state index contributed by atoms with van der Waals surface area (Å²) in [5.74, 6) is -1.53. The fourth-order valence-corrected chi connectivity index (χ4v) is 1.49. The smallest absolute Gasteiger partial charge is 0.273 e. The summed E-state index contributed by atoms with van der Waals surface area (Å²) in [4.78, 5) is 34.0. The summed E-state index contributed by atoms with van der Waals surface area (Å²) in [6.07, 6.45) is -0.0143. The van der Waals surface area contributed by atoms with E-state index in [1.54, 1.807) is 0 Å². The van der Waals surface area contributed by atoms with Crippen molar-refractivity contribution in [2.24, 2.45) is 0 Å². The Labute approximate surface area is 118 Å². The molecule has 0 unspecified atom stereocenters. The molecule has 0 aliphatic carbocycles. The predicted molar refractivity (Wildman–Crippen MR) is 70.6 cm³/mol. The molecule has 0 bridgehead atoms. The molecule has 2 rings (SSSR count). The van der Waals surface area contributed by atoms with Crippen LogP contribution in [0.15, 0.2) is 41.2 Å². The van der Waals surface area contributed by atoms with Gasteiger partial charge in [0.2, 0.25) is 5.91 Å². The fraction of sp³-hybridized carbons (Fsp3) is 0.0769. The molecule has 8 heteroatoms. The summed E-state index contributed by atoms with van der Waals surface area (Å²) in [5, 5.41) is 5.61. The van der Waals surface area contributed by atoms with Gasteiger partial charge in [0, 0.05) is 6.07 Å². The molecule has 2 aromatic rings. The van der Waals surface area contributed by atoms with Gasteiger partial charge in [-0.1, -0.05) is 12.1 Å². The minimum Gasteiger partial charge on any atom is -0.273 e. The molecule has 1 aromatic heterocycles. The number of hydrogen-bond donors (Lipinski definition) is 3. The molecule has 3 N–H and O–H groups in total. The first-order valence-corrected chi connectivity index (χ1v) is 5.94. The third-order valence-electron chi connectivity index (χ3n) is 2.51. The van der Waals surface area contributed by atoms with Crippen LogP contribution in [0.5, 0.6) is 0 Å². The van der Waals surface area contributed by atoms with Crippen molar-refractivity contribution >= 4 is 11.8 Å². The van der Waals surface area contributed by atoms with Gasteiger partial charge >= 0.3 is 0 Å². The quantitative estimate of drug-likeness (QED) is 0.687. The lowest BCUT2D eigenvalue weighted by atomic mass is 10.1. The van der Waals surface area contributed by atoms with E-state index >= 15 is 0 Å². The van der Waals surface area contributed by atoms with E-state index in [0.29, 0.717) is 5.56 Å². The van der Waals surface area contributed by atoms with E-state index in [-0.39, 0.29) is 12.1 Å². The molecule has 0 spiro atoms. The Morgan fingerprint density at radius 1 is 1.10 bits per heavy atom. The topological polar surface area (TPSA) is 104 Å². The summed E-state index contributed by atoms with van der Waals surface area (Å²) in [5.41, 5.74) is 4.47. The molecule has 21 heavy (non-hydrogen) atoms. The summed E-state index contributed by atoms with van der Waals surface area (Å²) in [6.45, 7) is 0. The summed E-state index contributed by atoms with van der Waals surface area (Å²) in [6, 6.07) is 7.79. The van der Waals surface area contributed by atoms with E-state index in [4.69, 9.17) is 0 Å². The molecule has 0 aliphatic rings. The van der Waals surface area contributed by atoms with Gasteiger partial charge in [0.25, 0.3) is 11.5 Å². The lowest BCUT2D eigenvalue weighted by Gasteiger charge is -2.06. The van der Waals surface area contributed by atoms with E-state index in [1.807, 2.05) is 0 Å². The molecular formula is C13H11FN4O3. The van der Waals surface area contributed by atoms with Crippen molar-refractivity contribution in [1.82, 2.24) is 21.0 Å². The predicted octanol–water partition coefficient (Wildman–Crippen LogP) is -0.0873. The molecule has 1 aromatic carbocycles. The molecule has 0 atom stereocenters. The second-order valence-corrected chi connectivity index (χ2v) is 4.11. The van der Waals surface area contributed by atoms with Crippen molar-refractivity contribution in [3.05, 3.63) is 63.8 Å². The Bertz CT molecular complexity index is 692. The lowest BCUT2D eigenvalue weighted by molar-refractivity contribution is -0.121. The van der Waals surface area contributed by atoms with Crippen LogP contribution in [0.2, 0.25) is 0 Å². The molecule has 108 valence electrons. The normalized spacial score (nSPS) is 9.95. The average molecular weight is 290 g/mol. The third-order valence-corrected chi connectivity index (χ3v) is 2.51. The standard InChI is InChI=1S/C13H11FN4O3/c14-9-3-1-8(2-4-9)7-12(20)17-18-13(21)10-5-6-11(19)16-15-10/h1-6H,7H2,(H,16,19)(H,17,20)(H,18,21). The van der Waals surface area contributed by atoms with E-state index < -0.39 is 23.2 Å². The van der Waals surface area contributed by atoms with E-state index in [1.165, 1.54) is 30.3 Å². The first-order valence-electron chi connectivity index (χ1n) is 5.94. The number of aromatic amines is 1. The van der Waals surface area contributed by atoms with Crippen LogP contribution in [0.1, 0.15) is 16.1 Å². The van der Waals surface area contributed by atoms with Gasteiger partial charge in [0.05, 0.1) is 6.42 Å². The Morgan fingerprint density at radius 2 is 1.81 bits per heavy atom. The number of halogens is 1. The minimum absolute atomic E-state index is 0.0143. The maximum absolute atomic E-state index is 12.7. The molecule has 0 aliphatic heterocycles. The van der Waals surface area contributed by atoms with Gasteiger partial charge in [-0.2, -0.15) is 5.10 Å². The van der Waals surface area contributed by atoms with Gasteiger partial charge in [0.1, 0.15) is 5.82 Å². The molecule has 7 nitrogen and oxygen atoms in total. The van der Waals surface area contributed by atoms with Gasteiger partial charge in [-0.3, -0.25) is 25.2 Å². The second kappa shape index (κ2) is 6.42. The molecule has 2 amide bonds. The van der Waals surface area contributed by atoms with Gasteiger partial charge in [-0.05, 0) is 23.8 Å². The fourth-order valence-electron chi connectivity index (χ4n) is 1.49. The Balaban J connectivity index is 1.86. The van der Waals surface area contributed by atoms with Crippen LogP contribution in [-0.4, -0.2) is 22.0 Å². The molecule has 0 saturated carbocycles. The van der Waals surface area contributed by atoms with Crippen molar-refractivity contribution in [2.75, 3.05) is 0 Å². The molecule has 0 fully saturated rings. The van der Waals surface area contributed by atoms with Crippen molar-refractivity contribution in [3.63, 3.8) is 0 Å². The number of H-pyrrole nitrogens is 1. The molecule has 1 heterocycles. The van der Waals surface area contributed by atoms with E-state index in [2.05, 4.69) is 21.0 Å². The Kier molecular flexibility index (Phi) is 4.39. The highest BCUT2D eigenvalue weighted by molar-refractivity contribution is 5.93. The van der Waals surface area contributed by atoms with Crippen LogP contribution in [-0.2, 0) is 11.2 Å². The number of hydrogen-bond acceptors (Lipinski definition) is 4. The lowest BCUT2D eigenvalue weighted by Crippen LogP contribution is -2.42. The first-order chi connectivity index (χ1) is 10.0. The van der Waals surface area contributed by atoms with E-state index in [9.17, 15) is 18.8 Å². The van der Waals surface area contributed by atoms with E-state index in [0.717, 1.165) is 6.07 Å². The minimum atomic E-state index is -0.668. The number of rotatable bonds is 3. The Morgan fingerprint density at radius 3 is 2.43 bits per heavy atom. The summed E-state index contributed by atoms with van der Waals surface area (Å²) >= 11 is 0. The first kappa shape index (κ1) is 14.4. The maximum Gasteiger partial charge on any atom is 0.290 e. The zero-order chi connectivity index (χ0) is 15.2. The number of amides is 2. The monoisotopic (exact) mass is 290 g/mol. The SMILES string of the molecule is O=C(Cc1ccc(F)cc1)NNC(=O)c1ccc(=O)[nH]n1. The zero-order valence-corrected chi connectivity index (χ0v) is 10.7. The van der Waals surface area contributed by atoms with Crippen LogP contribution in [0, 0.1) is 5.82 Å². The van der Waals surface area contributed by atoms with Gasteiger partial charge < -0.3 is 0 Å². The average Bonchev–Trinajstić information content (AvgIpc) is 2.48. The van der Waals surface area contributed by atoms with Gasteiger partial charge in [0.15, 0.2) is 5.69 Å². The van der Waals surface area contributed by atoms with Crippen molar-refractivity contribution < 1.29 is 14.0 Å². The van der Waals surface area contributed by atoms with Gasteiger partial charge in [-0.15, -0.1) is 0 Å². The largest absolute Gasteiger partial charge is 0.290 e.